The molecule has 0 aliphatic carbocycles. The van der Waals surface area contributed by atoms with Crippen LogP contribution in [-0.2, 0) is 5.41 Å². The summed E-state index contributed by atoms with van der Waals surface area (Å²) in [5.41, 5.74) is 1.87. The van der Waals surface area contributed by atoms with Gasteiger partial charge in [-0.05, 0) is 47.8 Å². The first-order valence-corrected chi connectivity index (χ1v) is 7.53. The molecule has 1 heteroatoms. The fraction of sp³-hybridized carbons (Fsp3) is 0.667. The van der Waals surface area contributed by atoms with Crippen LogP contribution in [0, 0.1) is 11.2 Å². The van der Waals surface area contributed by atoms with Crippen molar-refractivity contribution in [3.63, 3.8) is 0 Å². The molecule has 0 heterocycles. The van der Waals surface area contributed by atoms with Crippen molar-refractivity contribution >= 4 is 0 Å². The van der Waals surface area contributed by atoms with E-state index in [1.54, 1.807) is 12.1 Å². The van der Waals surface area contributed by atoms with Gasteiger partial charge < -0.3 is 0 Å². The van der Waals surface area contributed by atoms with E-state index in [2.05, 4.69) is 34.6 Å². The smallest absolute Gasteiger partial charge is 0.123 e. The van der Waals surface area contributed by atoms with E-state index < -0.39 is 0 Å². The summed E-state index contributed by atoms with van der Waals surface area (Å²) in [4.78, 5) is 0. The van der Waals surface area contributed by atoms with Crippen LogP contribution in [0.1, 0.15) is 72.3 Å². The van der Waals surface area contributed by atoms with E-state index in [0.717, 1.165) is 0 Å². The van der Waals surface area contributed by atoms with Crippen molar-refractivity contribution in [3.8, 4) is 0 Å². The van der Waals surface area contributed by atoms with Gasteiger partial charge in [-0.25, -0.2) is 4.39 Å². The molecule has 0 N–H and O–H groups in total. The van der Waals surface area contributed by atoms with Gasteiger partial charge in [0.25, 0.3) is 0 Å². The van der Waals surface area contributed by atoms with E-state index in [4.69, 9.17) is 0 Å². The van der Waals surface area contributed by atoms with Gasteiger partial charge in [0.1, 0.15) is 5.82 Å². The van der Waals surface area contributed by atoms with Crippen LogP contribution in [-0.4, -0.2) is 0 Å². The maximum Gasteiger partial charge on any atom is 0.123 e. The maximum absolute atomic E-state index is 13.1. The lowest BCUT2D eigenvalue weighted by atomic mass is 9.73. The summed E-state index contributed by atoms with van der Waals surface area (Å²) < 4.78 is 13.1. The second-order valence-electron chi connectivity index (χ2n) is 7.23. The molecule has 19 heavy (non-hydrogen) atoms. The summed E-state index contributed by atoms with van der Waals surface area (Å²) >= 11 is 0. The Morgan fingerprint density at radius 3 is 1.95 bits per heavy atom. The summed E-state index contributed by atoms with van der Waals surface area (Å²) in [6.07, 6.45) is 6.00. The summed E-state index contributed by atoms with van der Waals surface area (Å²) in [6, 6.07) is 7.10. The van der Waals surface area contributed by atoms with Crippen molar-refractivity contribution in [2.45, 2.75) is 72.1 Å². The summed E-state index contributed by atoms with van der Waals surface area (Å²) in [5.74, 6) is -0.141. The van der Waals surface area contributed by atoms with Gasteiger partial charge in [0.2, 0.25) is 0 Å². The molecule has 0 fully saturated rings. The van der Waals surface area contributed by atoms with Crippen LogP contribution in [0.15, 0.2) is 24.3 Å². The topological polar surface area (TPSA) is 0 Å². The number of halogens is 1. The molecular formula is C18H29F. The molecule has 0 saturated heterocycles. The lowest BCUT2D eigenvalue weighted by Gasteiger charge is -2.31. The highest BCUT2D eigenvalue weighted by Crippen LogP contribution is 2.36. The van der Waals surface area contributed by atoms with Gasteiger partial charge in [-0.2, -0.15) is 0 Å². The average molecular weight is 264 g/mol. The molecule has 0 bridgehead atoms. The van der Waals surface area contributed by atoms with E-state index in [-0.39, 0.29) is 11.2 Å². The van der Waals surface area contributed by atoms with Crippen molar-refractivity contribution in [1.29, 1.82) is 0 Å². The van der Waals surface area contributed by atoms with Crippen LogP contribution >= 0.6 is 0 Å². The average Bonchev–Trinajstić information content (AvgIpc) is 2.28. The van der Waals surface area contributed by atoms with Crippen LogP contribution in [0.4, 0.5) is 4.39 Å². The molecule has 0 aliphatic rings. The van der Waals surface area contributed by atoms with Gasteiger partial charge in [0.15, 0.2) is 0 Å². The van der Waals surface area contributed by atoms with Gasteiger partial charge in [0.05, 0.1) is 0 Å². The number of rotatable bonds is 6. The monoisotopic (exact) mass is 264 g/mol. The molecular weight excluding hydrogens is 235 g/mol. The highest BCUT2D eigenvalue weighted by Gasteiger charge is 2.26. The highest BCUT2D eigenvalue weighted by molar-refractivity contribution is 5.25. The van der Waals surface area contributed by atoms with Gasteiger partial charge >= 0.3 is 0 Å². The van der Waals surface area contributed by atoms with E-state index in [1.807, 2.05) is 12.1 Å². The molecule has 0 saturated carbocycles. The van der Waals surface area contributed by atoms with Crippen LogP contribution in [0.3, 0.4) is 0 Å². The van der Waals surface area contributed by atoms with Gasteiger partial charge in [-0.15, -0.1) is 0 Å². The number of benzene rings is 1. The Kier molecular flexibility index (Phi) is 5.58. The summed E-state index contributed by atoms with van der Waals surface area (Å²) in [6.45, 7) is 11.4. The first-order valence-electron chi connectivity index (χ1n) is 7.53. The summed E-state index contributed by atoms with van der Waals surface area (Å²) in [7, 11) is 0. The Labute approximate surface area is 118 Å². The zero-order chi connectivity index (χ0) is 14.5. The lowest BCUT2D eigenvalue weighted by molar-refractivity contribution is 0.313. The fourth-order valence-corrected chi connectivity index (χ4v) is 2.83. The molecule has 1 aromatic rings. The minimum Gasteiger partial charge on any atom is -0.207 e. The predicted octanol–water partition coefficient (Wildman–Crippen LogP) is 6.10. The molecule has 0 nitrogen and oxygen atoms in total. The Balaban J connectivity index is 2.76. The van der Waals surface area contributed by atoms with Crippen molar-refractivity contribution in [1.82, 2.24) is 0 Å². The molecule has 1 atom stereocenters. The van der Waals surface area contributed by atoms with Crippen molar-refractivity contribution in [2.75, 3.05) is 0 Å². The minimum absolute atomic E-state index is 0.141. The van der Waals surface area contributed by atoms with Gasteiger partial charge in [-0.1, -0.05) is 59.6 Å². The van der Waals surface area contributed by atoms with Crippen molar-refractivity contribution < 1.29 is 4.39 Å². The van der Waals surface area contributed by atoms with Crippen LogP contribution in [0.25, 0.3) is 0 Å². The van der Waals surface area contributed by atoms with Gasteiger partial charge in [-0.3, -0.25) is 0 Å². The third-order valence-corrected chi connectivity index (χ3v) is 4.00. The van der Waals surface area contributed by atoms with Gasteiger partial charge in [0, 0.05) is 0 Å². The van der Waals surface area contributed by atoms with Crippen molar-refractivity contribution in [2.24, 2.45) is 5.41 Å². The molecule has 1 rings (SSSR count). The van der Waals surface area contributed by atoms with Crippen LogP contribution in [0.5, 0.6) is 0 Å². The second-order valence-corrected chi connectivity index (χ2v) is 7.23. The second kappa shape index (κ2) is 6.54. The molecule has 0 spiro atoms. The van der Waals surface area contributed by atoms with E-state index >= 15 is 0 Å². The zero-order valence-corrected chi connectivity index (χ0v) is 13.2. The third-order valence-electron chi connectivity index (χ3n) is 4.00. The van der Waals surface area contributed by atoms with Crippen LogP contribution < -0.4 is 0 Å². The normalized spacial score (nSPS) is 15.3. The first kappa shape index (κ1) is 16.2. The standard InChI is InChI=1S/C18H29F/c1-6-12-18(5,14-7-13-17(2,3)4)15-8-10-16(19)11-9-15/h8-11H,6-7,12-14H2,1-5H3. The Hall–Kier alpha value is -0.850. The predicted molar refractivity (Wildman–Crippen MR) is 82.0 cm³/mol. The third kappa shape index (κ3) is 5.34. The molecule has 0 aromatic heterocycles. The molecule has 1 unspecified atom stereocenters. The number of hydrogen-bond donors (Lipinski definition) is 0. The molecule has 0 amide bonds. The highest BCUT2D eigenvalue weighted by atomic mass is 19.1. The maximum atomic E-state index is 13.1. The number of hydrogen-bond acceptors (Lipinski definition) is 0. The molecule has 0 radical (unpaired) electrons. The quantitative estimate of drug-likeness (QED) is 0.582. The van der Waals surface area contributed by atoms with E-state index in [9.17, 15) is 4.39 Å². The van der Waals surface area contributed by atoms with Crippen LogP contribution in [0.2, 0.25) is 0 Å². The molecule has 0 aliphatic heterocycles. The Morgan fingerprint density at radius 1 is 0.895 bits per heavy atom. The van der Waals surface area contributed by atoms with E-state index in [0.29, 0.717) is 5.41 Å². The SMILES string of the molecule is CCCC(C)(CCCC(C)(C)C)c1ccc(F)cc1. The van der Waals surface area contributed by atoms with Crippen molar-refractivity contribution in [3.05, 3.63) is 35.6 Å². The lowest BCUT2D eigenvalue weighted by Crippen LogP contribution is -2.22. The molecule has 108 valence electrons. The fourth-order valence-electron chi connectivity index (χ4n) is 2.83. The largest absolute Gasteiger partial charge is 0.207 e. The zero-order valence-electron chi connectivity index (χ0n) is 13.2. The Bertz CT molecular complexity index is 372. The molecule has 1 aromatic carbocycles. The first-order chi connectivity index (χ1) is 8.77. The van der Waals surface area contributed by atoms with E-state index in [1.165, 1.54) is 37.7 Å². The summed E-state index contributed by atoms with van der Waals surface area (Å²) in [5, 5.41) is 0. The Morgan fingerprint density at radius 2 is 1.47 bits per heavy atom. The minimum atomic E-state index is -0.141.